The van der Waals surface area contributed by atoms with Crippen molar-refractivity contribution in [1.82, 2.24) is 14.5 Å². The maximum atomic E-state index is 14.1. The summed E-state index contributed by atoms with van der Waals surface area (Å²) in [5, 5.41) is 2.91. The van der Waals surface area contributed by atoms with Crippen molar-refractivity contribution in [2.75, 3.05) is 19.4 Å². The second-order valence-electron chi connectivity index (χ2n) is 6.05. The topological polar surface area (TPSA) is 50.2 Å². The van der Waals surface area contributed by atoms with Gasteiger partial charge in [0.2, 0.25) is 5.91 Å². The lowest BCUT2D eigenvalue weighted by Gasteiger charge is -2.25. The average Bonchev–Trinajstić information content (AvgIpc) is 2.92. The lowest BCUT2D eigenvalue weighted by atomic mass is 10.0. The predicted octanol–water partition coefficient (Wildman–Crippen LogP) is 2.60. The number of aryl methyl sites for hydroxylation is 1. The van der Waals surface area contributed by atoms with Crippen LogP contribution in [0, 0.1) is 5.82 Å². The summed E-state index contributed by atoms with van der Waals surface area (Å²) in [5.41, 5.74) is 0.369. The fourth-order valence-corrected chi connectivity index (χ4v) is 3.06. The van der Waals surface area contributed by atoms with Gasteiger partial charge in [-0.15, -0.1) is 0 Å². The summed E-state index contributed by atoms with van der Waals surface area (Å²) in [7, 11) is 3.53. The molecule has 0 aliphatic carbocycles. The van der Waals surface area contributed by atoms with E-state index in [4.69, 9.17) is 0 Å². The number of fused-ring (bicyclic) bond motifs is 1. The van der Waals surface area contributed by atoms with E-state index in [0.29, 0.717) is 11.4 Å². The first-order valence-electron chi connectivity index (χ1n) is 7.84. The van der Waals surface area contributed by atoms with Crippen molar-refractivity contribution in [2.45, 2.75) is 31.8 Å². The minimum atomic E-state index is -0.689. The Morgan fingerprint density at radius 2 is 2.13 bits per heavy atom. The van der Waals surface area contributed by atoms with Gasteiger partial charge >= 0.3 is 0 Å². The number of carbonyl (C=O) groups excluding carboxylic acids is 1. The number of rotatable bonds is 4. The van der Waals surface area contributed by atoms with Crippen molar-refractivity contribution in [1.29, 1.82) is 0 Å². The van der Waals surface area contributed by atoms with E-state index < -0.39 is 6.04 Å². The van der Waals surface area contributed by atoms with Crippen LogP contribution >= 0.6 is 0 Å². The smallest absolute Gasteiger partial charge is 0.247 e. The van der Waals surface area contributed by atoms with Gasteiger partial charge in [-0.2, -0.15) is 0 Å². The monoisotopic (exact) mass is 316 g/mol. The molecule has 2 aromatic rings. The molecule has 0 saturated heterocycles. The molecule has 0 unspecified atom stereocenters. The fraction of sp³-hybridized carbons (Fsp3) is 0.412. The summed E-state index contributed by atoms with van der Waals surface area (Å²) in [5.74, 6) is 1.05. The number of carbonyl (C=O) groups is 1. The highest BCUT2D eigenvalue weighted by Gasteiger charge is 2.27. The zero-order valence-corrected chi connectivity index (χ0v) is 13.4. The standard InChI is InChI=1S/C17H21FN4O/c1-21(2)16(12-7-3-4-8-13(12)18)17(23)20-15-11-19-14-9-5-6-10-22(14)15/h3-4,7-8,11,16H,5-6,9-10H2,1-2H3,(H,20,23)/t16-/m0/s1. The fourth-order valence-electron chi connectivity index (χ4n) is 3.06. The van der Waals surface area contributed by atoms with E-state index in [1.54, 1.807) is 43.4 Å². The highest BCUT2D eigenvalue weighted by Crippen LogP contribution is 2.25. The van der Waals surface area contributed by atoms with Crippen LogP contribution in [0.25, 0.3) is 0 Å². The molecule has 5 nitrogen and oxygen atoms in total. The van der Waals surface area contributed by atoms with Gasteiger partial charge in [-0.3, -0.25) is 9.69 Å². The molecule has 0 radical (unpaired) electrons. The van der Waals surface area contributed by atoms with Gasteiger partial charge in [-0.1, -0.05) is 18.2 Å². The molecule has 1 aliphatic rings. The van der Waals surface area contributed by atoms with Crippen LogP contribution in [0.4, 0.5) is 10.2 Å². The first-order chi connectivity index (χ1) is 11.1. The number of nitrogens with one attached hydrogen (secondary N) is 1. The quantitative estimate of drug-likeness (QED) is 0.943. The molecule has 1 atom stereocenters. The summed E-state index contributed by atoms with van der Waals surface area (Å²) in [6, 6.07) is 5.69. The van der Waals surface area contributed by atoms with Gasteiger partial charge in [0.25, 0.3) is 0 Å². The van der Waals surface area contributed by atoms with Crippen molar-refractivity contribution in [3.8, 4) is 0 Å². The molecule has 23 heavy (non-hydrogen) atoms. The molecule has 6 heteroatoms. The average molecular weight is 316 g/mol. The number of halogens is 1. The molecule has 3 rings (SSSR count). The van der Waals surface area contributed by atoms with E-state index in [1.807, 2.05) is 4.57 Å². The van der Waals surface area contributed by atoms with Crippen molar-refractivity contribution in [3.05, 3.63) is 47.7 Å². The van der Waals surface area contributed by atoms with Crippen LogP contribution in [0.2, 0.25) is 0 Å². The summed E-state index contributed by atoms with van der Waals surface area (Å²) in [6.45, 7) is 0.858. The normalized spacial score (nSPS) is 15.3. The summed E-state index contributed by atoms with van der Waals surface area (Å²) < 4.78 is 16.1. The van der Waals surface area contributed by atoms with Gasteiger partial charge in [0.05, 0.1) is 6.20 Å². The van der Waals surface area contributed by atoms with E-state index in [9.17, 15) is 9.18 Å². The van der Waals surface area contributed by atoms with Gasteiger partial charge in [-0.25, -0.2) is 9.37 Å². The molecular weight excluding hydrogens is 295 g/mol. The Balaban J connectivity index is 1.85. The highest BCUT2D eigenvalue weighted by atomic mass is 19.1. The third kappa shape index (κ3) is 3.12. The van der Waals surface area contributed by atoms with Gasteiger partial charge in [0.15, 0.2) is 0 Å². The molecule has 0 bridgehead atoms. The van der Waals surface area contributed by atoms with E-state index in [1.165, 1.54) is 6.07 Å². The van der Waals surface area contributed by atoms with E-state index in [0.717, 1.165) is 31.6 Å². The van der Waals surface area contributed by atoms with Gasteiger partial charge in [-0.05, 0) is 33.0 Å². The Hall–Kier alpha value is -2.21. The Labute approximate surface area is 135 Å². The van der Waals surface area contributed by atoms with E-state index in [2.05, 4.69) is 10.3 Å². The lowest BCUT2D eigenvalue weighted by molar-refractivity contribution is -0.120. The van der Waals surface area contributed by atoms with Crippen LogP contribution in [0.15, 0.2) is 30.5 Å². The Morgan fingerprint density at radius 1 is 1.35 bits per heavy atom. The van der Waals surface area contributed by atoms with Crippen LogP contribution in [0.3, 0.4) is 0 Å². The molecule has 1 aliphatic heterocycles. The molecule has 0 fully saturated rings. The number of benzene rings is 1. The van der Waals surface area contributed by atoms with Crippen molar-refractivity contribution >= 4 is 11.7 Å². The van der Waals surface area contributed by atoms with Crippen LogP contribution in [-0.4, -0.2) is 34.5 Å². The third-order valence-electron chi connectivity index (χ3n) is 4.19. The van der Waals surface area contributed by atoms with Gasteiger partial charge in [0.1, 0.15) is 23.5 Å². The molecule has 122 valence electrons. The van der Waals surface area contributed by atoms with Crippen LogP contribution < -0.4 is 5.32 Å². The SMILES string of the molecule is CN(C)[C@H](C(=O)Nc1cnc2n1CCCC2)c1ccccc1F. The van der Waals surface area contributed by atoms with E-state index >= 15 is 0 Å². The maximum Gasteiger partial charge on any atom is 0.247 e. The summed E-state index contributed by atoms with van der Waals surface area (Å²) in [4.78, 5) is 18.8. The number of hydrogen-bond donors (Lipinski definition) is 1. The minimum Gasteiger partial charge on any atom is -0.315 e. The molecule has 1 N–H and O–H groups in total. The Bertz CT molecular complexity index is 710. The number of likely N-dealkylation sites (N-methyl/N-ethyl adjacent to an activating group) is 1. The number of anilines is 1. The highest BCUT2D eigenvalue weighted by molar-refractivity contribution is 5.94. The minimum absolute atomic E-state index is 0.256. The van der Waals surface area contributed by atoms with Crippen LogP contribution in [0.5, 0.6) is 0 Å². The van der Waals surface area contributed by atoms with Gasteiger partial charge in [0, 0.05) is 18.5 Å². The number of imidazole rings is 1. The van der Waals surface area contributed by atoms with Gasteiger partial charge < -0.3 is 9.88 Å². The second kappa shape index (κ2) is 6.50. The molecule has 1 amide bonds. The molecule has 2 heterocycles. The molecular formula is C17H21FN4O. The Morgan fingerprint density at radius 3 is 2.87 bits per heavy atom. The molecule has 0 spiro atoms. The molecule has 1 aromatic heterocycles. The summed E-state index contributed by atoms with van der Waals surface area (Å²) >= 11 is 0. The zero-order chi connectivity index (χ0) is 16.4. The van der Waals surface area contributed by atoms with Crippen LogP contribution in [0.1, 0.15) is 30.3 Å². The largest absolute Gasteiger partial charge is 0.315 e. The Kier molecular flexibility index (Phi) is 4.43. The van der Waals surface area contributed by atoms with E-state index in [-0.39, 0.29) is 11.7 Å². The number of amides is 1. The number of hydrogen-bond acceptors (Lipinski definition) is 3. The summed E-state index contributed by atoms with van der Waals surface area (Å²) in [6.07, 6.45) is 4.82. The number of nitrogens with zero attached hydrogens (tertiary/aromatic N) is 3. The van der Waals surface area contributed by atoms with Crippen molar-refractivity contribution in [2.24, 2.45) is 0 Å². The predicted molar refractivity (Wildman–Crippen MR) is 86.6 cm³/mol. The van der Waals surface area contributed by atoms with Crippen LogP contribution in [-0.2, 0) is 17.8 Å². The van der Waals surface area contributed by atoms with Crippen molar-refractivity contribution < 1.29 is 9.18 Å². The third-order valence-corrected chi connectivity index (χ3v) is 4.19. The zero-order valence-electron chi connectivity index (χ0n) is 13.4. The first kappa shape index (κ1) is 15.7. The maximum absolute atomic E-state index is 14.1. The van der Waals surface area contributed by atoms with Crippen molar-refractivity contribution in [3.63, 3.8) is 0 Å². The first-order valence-corrected chi connectivity index (χ1v) is 7.84. The lowest BCUT2D eigenvalue weighted by Crippen LogP contribution is -2.33. The second-order valence-corrected chi connectivity index (χ2v) is 6.05. The molecule has 1 aromatic carbocycles. The number of aromatic nitrogens is 2. The molecule has 0 saturated carbocycles.